The summed E-state index contributed by atoms with van der Waals surface area (Å²) in [4.78, 5) is 4.68. The number of halogens is 5. The summed E-state index contributed by atoms with van der Waals surface area (Å²) in [7, 11) is 0. The van der Waals surface area contributed by atoms with E-state index in [9.17, 15) is 17.6 Å². The second-order valence-electron chi connectivity index (χ2n) is 4.57. The summed E-state index contributed by atoms with van der Waals surface area (Å²) < 4.78 is 50.6. The van der Waals surface area contributed by atoms with Crippen LogP contribution in [0, 0.1) is 0 Å². The van der Waals surface area contributed by atoms with Crippen molar-refractivity contribution in [3.63, 3.8) is 0 Å². The monoisotopic (exact) mass is 325 g/mol. The zero-order valence-electron chi connectivity index (χ0n) is 10.5. The van der Waals surface area contributed by atoms with Gasteiger partial charge in [0.15, 0.2) is 0 Å². The summed E-state index contributed by atoms with van der Waals surface area (Å²) in [5.74, 6) is 0. The molecule has 0 saturated heterocycles. The second kappa shape index (κ2) is 5.93. The number of alkyl halides is 4. The molecule has 1 aromatic rings. The molecule has 0 amide bonds. The number of pyridine rings is 1. The lowest BCUT2D eigenvalue weighted by Gasteiger charge is -2.12. The van der Waals surface area contributed by atoms with Gasteiger partial charge in [-0.25, -0.2) is 4.39 Å². The molecule has 0 N–H and O–H groups in total. The third-order valence-electron chi connectivity index (χ3n) is 2.98. The van der Waals surface area contributed by atoms with Gasteiger partial charge in [-0.15, -0.1) is 11.8 Å². The molecule has 1 nitrogen and oxygen atoms in total. The van der Waals surface area contributed by atoms with E-state index in [0.29, 0.717) is 18.5 Å². The van der Waals surface area contributed by atoms with Gasteiger partial charge in [-0.2, -0.15) is 13.2 Å². The van der Waals surface area contributed by atoms with Gasteiger partial charge in [-0.05, 0) is 24.3 Å². The summed E-state index contributed by atoms with van der Waals surface area (Å²) >= 11 is 7.24. The van der Waals surface area contributed by atoms with Gasteiger partial charge in [-0.1, -0.05) is 17.7 Å². The molecule has 0 saturated carbocycles. The molecule has 2 rings (SSSR count). The largest absolute Gasteiger partial charge is 0.417 e. The zero-order valence-corrected chi connectivity index (χ0v) is 12.1. The van der Waals surface area contributed by atoms with Gasteiger partial charge in [-0.3, -0.25) is 4.98 Å². The fourth-order valence-electron chi connectivity index (χ4n) is 1.85. The van der Waals surface area contributed by atoms with E-state index in [1.165, 1.54) is 18.7 Å². The van der Waals surface area contributed by atoms with E-state index in [4.69, 9.17) is 11.6 Å². The van der Waals surface area contributed by atoms with Gasteiger partial charge < -0.3 is 0 Å². The van der Waals surface area contributed by atoms with Crippen LogP contribution < -0.4 is 0 Å². The maximum atomic E-state index is 13.2. The Labute approximate surface area is 123 Å². The molecule has 7 heteroatoms. The van der Waals surface area contributed by atoms with Crippen LogP contribution in [0.1, 0.15) is 24.6 Å². The van der Waals surface area contributed by atoms with E-state index in [1.54, 1.807) is 0 Å². The average Bonchev–Trinajstić information content (AvgIpc) is 2.79. The van der Waals surface area contributed by atoms with Crippen LogP contribution in [-0.2, 0) is 12.6 Å². The Morgan fingerprint density at radius 1 is 1.50 bits per heavy atom. The van der Waals surface area contributed by atoms with Crippen molar-refractivity contribution in [1.82, 2.24) is 4.98 Å². The molecule has 1 aliphatic heterocycles. The molecule has 2 unspecified atom stereocenters. The van der Waals surface area contributed by atoms with E-state index >= 15 is 0 Å². The Kier molecular flexibility index (Phi) is 4.64. The van der Waals surface area contributed by atoms with E-state index in [-0.39, 0.29) is 10.3 Å². The van der Waals surface area contributed by atoms with Crippen molar-refractivity contribution in [1.29, 1.82) is 0 Å². The van der Waals surface area contributed by atoms with Crippen LogP contribution >= 0.6 is 23.4 Å². The van der Waals surface area contributed by atoms with Gasteiger partial charge >= 0.3 is 6.18 Å². The molecule has 0 fully saturated rings. The standard InChI is InChI=1S/C13H12ClF4NS/c1-7(15)12-3-2-9(20-12)5-11-10(14)4-8(6-19-11)13(16,17)18/h2,4,6-7,12H,3,5H2,1H3. The van der Waals surface area contributed by atoms with E-state index in [0.717, 1.165) is 17.2 Å². The highest BCUT2D eigenvalue weighted by molar-refractivity contribution is 8.04. The Morgan fingerprint density at radius 2 is 2.20 bits per heavy atom. The summed E-state index contributed by atoms with van der Waals surface area (Å²) in [5.41, 5.74) is -0.486. The van der Waals surface area contributed by atoms with Gasteiger partial charge in [0, 0.05) is 17.9 Å². The Hall–Kier alpha value is -0.750. The Balaban J connectivity index is 2.08. The molecular formula is C13H12ClF4NS. The van der Waals surface area contributed by atoms with Crippen molar-refractivity contribution in [2.75, 3.05) is 0 Å². The van der Waals surface area contributed by atoms with Gasteiger partial charge in [0.2, 0.25) is 0 Å². The average molecular weight is 326 g/mol. The minimum absolute atomic E-state index is 0.0157. The first-order valence-electron chi connectivity index (χ1n) is 5.98. The molecule has 0 radical (unpaired) electrons. The number of hydrogen-bond donors (Lipinski definition) is 0. The third kappa shape index (κ3) is 3.67. The van der Waals surface area contributed by atoms with Crippen molar-refractivity contribution in [3.05, 3.63) is 39.5 Å². The summed E-state index contributed by atoms with van der Waals surface area (Å²) in [6, 6.07) is 0.874. The van der Waals surface area contributed by atoms with Gasteiger partial charge in [0.05, 0.1) is 16.3 Å². The molecule has 110 valence electrons. The first-order valence-corrected chi connectivity index (χ1v) is 7.24. The molecule has 1 aromatic heterocycles. The van der Waals surface area contributed by atoms with E-state index in [2.05, 4.69) is 4.98 Å². The molecule has 0 bridgehead atoms. The fraction of sp³-hybridized carbons (Fsp3) is 0.462. The quantitative estimate of drug-likeness (QED) is 0.722. The van der Waals surface area contributed by atoms with Crippen molar-refractivity contribution >= 4 is 23.4 Å². The Bertz CT molecular complexity index is 528. The highest BCUT2D eigenvalue weighted by Crippen LogP contribution is 2.38. The minimum Gasteiger partial charge on any atom is -0.259 e. The van der Waals surface area contributed by atoms with Crippen LogP contribution in [0.4, 0.5) is 17.6 Å². The van der Waals surface area contributed by atoms with Gasteiger partial charge in [0.25, 0.3) is 0 Å². The number of thioether (sulfide) groups is 1. The van der Waals surface area contributed by atoms with E-state index < -0.39 is 17.9 Å². The summed E-state index contributed by atoms with van der Waals surface area (Å²) in [5, 5.41) is -0.142. The molecule has 0 aliphatic carbocycles. The highest BCUT2D eigenvalue weighted by Gasteiger charge is 2.32. The van der Waals surface area contributed by atoms with Crippen LogP contribution in [-0.4, -0.2) is 16.4 Å². The lowest BCUT2D eigenvalue weighted by atomic mass is 10.2. The van der Waals surface area contributed by atoms with Crippen molar-refractivity contribution in [2.45, 2.75) is 37.4 Å². The molecule has 20 heavy (non-hydrogen) atoms. The topological polar surface area (TPSA) is 12.9 Å². The molecule has 0 spiro atoms. The second-order valence-corrected chi connectivity index (χ2v) is 6.34. The number of aromatic nitrogens is 1. The van der Waals surface area contributed by atoms with E-state index in [1.807, 2.05) is 6.08 Å². The normalized spacial score (nSPS) is 20.9. The SMILES string of the molecule is CC(F)C1CC=C(Cc2ncc(C(F)(F)F)cc2Cl)S1. The van der Waals surface area contributed by atoms with Crippen LogP contribution in [0.25, 0.3) is 0 Å². The summed E-state index contributed by atoms with van der Waals surface area (Å²) in [6.45, 7) is 1.50. The highest BCUT2D eigenvalue weighted by atomic mass is 35.5. The smallest absolute Gasteiger partial charge is 0.259 e. The maximum absolute atomic E-state index is 13.2. The molecular weight excluding hydrogens is 314 g/mol. The summed E-state index contributed by atoms with van der Waals surface area (Å²) in [6.07, 6.45) is -1.76. The van der Waals surface area contributed by atoms with Crippen LogP contribution in [0.15, 0.2) is 23.2 Å². The lowest BCUT2D eigenvalue weighted by molar-refractivity contribution is -0.137. The predicted molar refractivity (Wildman–Crippen MR) is 72.6 cm³/mol. The molecule has 2 heterocycles. The Morgan fingerprint density at radius 3 is 2.70 bits per heavy atom. The van der Waals surface area contributed by atoms with Crippen molar-refractivity contribution in [3.8, 4) is 0 Å². The minimum atomic E-state index is -4.45. The van der Waals surface area contributed by atoms with Crippen LogP contribution in [0.2, 0.25) is 5.02 Å². The van der Waals surface area contributed by atoms with Crippen LogP contribution in [0.3, 0.4) is 0 Å². The third-order valence-corrected chi connectivity index (χ3v) is 4.79. The molecule has 2 atom stereocenters. The number of allylic oxidation sites excluding steroid dienone is 2. The number of nitrogens with zero attached hydrogens (tertiary/aromatic N) is 1. The number of rotatable bonds is 3. The fourth-order valence-corrected chi connectivity index (χ4v) is 3.26. The predicted octanol–water partition coefficient (Wildman–Crippen LogP) is 5.04. The lowest BCUT2D eigenvalue weighted by Crippen LogP contribution is -2.11. The maximum Gasteiger partial charge on any atom is 0.417 e. The zero-order chi connectivity index (χ0) is 14.9. The first kappa shape index (κ1) is 15.6. The molecule has 1 aliphatic rings. The van der Waals surface area contributed by atoms with Crippen LogP contribution in [0.5, 0.6) is 0 Å². The van der Waals surface area contributed by atoms with Crippen molar-refractivity contribution < 1.29 is 17.6 Å². The first-order chi connectivity index (χ1) is 9.27. The number of hydrogen-bond acceptors (Lipinski definition) is 2. The van der Waals surface area contributed by atoms with Crippen molar-refractivity contribution in [2.24, 2.45) is 0 Å². The molecule has 0 aromatic carbocycles. The van der Waals surface area contributed by atoms with Gasteiger partial charge in [0.1, 0.15) is 6.17 Å².